The van der Waals surface area contributed by atoms with Gasteiger partial charge < -0.3 is 5.73 Å². The van der Waals surface area contributed by atoms with Gasteiger partial charge in [-0.05, 0) is 18.1 Å². The number of hydrogen-bond acceptors (Lipinski definition) is 1. The summed E-state index contributed by atoms with van der Waals surface area (Å²) in [7, 11) is 0. The molecule has 0 saturated carbocycles. The Bertz CT molecular complexity index is 299. The molecule has 13 heavy (non-hydrogen) atoms. The van der Waals surface area contributed by atoms with Crippen LogP contribution in [0.5, 0.6) is 0 Å². The Kier molecular flexibility index (Phi) is 3.28. The van der Waals surface area contributed by atoms with Crippen LogP contribution in [0, 0.1) is 11.7 Å². The second kappa shape index (κ2) is 4.07. The van der Waals surface area contributed by atoms with Gasteiger partial charge in [-0.1, -0.05) is 31.5 Å². The van der Waals surface area contributed by atoms with Crippen molar-refractivity contribution in [2.75, 3.05) is 0 Å². The van der Waals surface area contributed by atoms with E-state index in [0.717, 1.165) is 0 Å². The highest BCUT2D eigenvalue weighted by molar-refractivity contribution is 6.30. The Morgan fingerprint density at radius 3 is 2.46 bits per heavy atom. The normalized spacial score (nSPS) is 13.4. The van der Waals surface area contributed by atoms with Crippen LogP contribution >= 0.6 is 11.6 Å². The first-order chi connectivity index (χ1) is 6.02. The third-order valence-corrected chi connectivity index (χ3v) is 2.27. The zero-order valence-corrected chi connectivity index (χ0v) is 8.48. The first kappa shape index (κ1) is 10.5. The number of rotatable bonds is 2. The molecule has 0 aliphatic rings. The van der Waals surface area contributed by atoms with Crippen molar-refractivity contribution >= 4 is 11.6 Å². The van der Waals surface area contributed by atoms with Crippen LogP contribution < -0.4 is 5.73 Å². The molecular formula is C10H13ClFN. The summed E-state index contributed by atoms with van der Waals surface area (Å²) in [6.45, 7) is 3.91. The van der Waals surface area contributed by atoms with Crippen molar-refractivity contribution in [2.45, 2.75) is 19.9 Å². The summed E-state index contributed by atoms with van der Waals surface area (Å²) in [4.78, 5) is 0. The van der Waals surface area contributed by atoms with Crippen LogP contribution in [0.2, 0.25) is 5.02 Å². The molecule has 1 nitrogen and oxygen atoms in total. The van der Waals surface area contributed by atoms with E-state index in [2.05, 4.69) is 0 Å². The molecule has 1 atom stereocenters. The molecule has 0 aliphatic heterocycles. The minimum Gasteiger partial charge on any atom is -0.324 e. The molecule has 2 N–H and O–H groups in total. The molecule has 72 valence electrons. The smallest absolute Gasteiger partial charge is 0.129 e. The fraction of sp³-hybridized carbons (Fsp3) is 0.400. The van der Waals surface area contributed by atoms with Crippen LogP contribution in [0.3, 0.4) is 0 Å². The van der Waals surface area contributed by atoms with E-state index in [1.807, 2.05) is 13.8 Å². The second-order valence-electron chi connectivity index (χ2n) is 3.44. The molecule has 3 heteroatoms. The van der Waals surface area contributed by atoms with Crippen molar-refractivity contribution in [3.63, 3.8) is 0 Å². The van der Waals surface area contributed by atoms with Gasteiger partial charge in [0, 0.05) is 16.6 Å². The zero-order valence-electron chi connectivity index (χ0n) is 7.72. The number of nitrogens with two attached hydrogens (primary N) is 1. The topological polar surface area (TPSA) is 26.0 Å². The van der Waals surface area contributed by atoms with Crippen molar-refractivity contribution < 1.29 is 4.39 Å². The van der Waals surface area contributed by atoms with E-state index in [1.54, 1.807) is 12.1 Å². The van der Waals surface area contributed by atoms with E-state index in [-0.39, 0.29) is 17.8 Å². The molecule has 1 aromatic rings. The van der Waals surface area contributed by atoms with Gasteiger partial charge >= 0.3 is 0 Å². The van der Waals surface area contributed by atoms with Crippen molar-refractivity contribution in [1.82, 2.24) is 0 Å². The standard InChI is InChI=1S/C10H13ClFN/c1-6(2)10(13)8-4-3-7(11)5-9(8)12/h3-6,10H,13H2,1-2H3. The minimum atomic E-state index is -0.325. The Balaban J connectivity index is 3.01. The van der Waals surface area contributed by atoms with E-state index >= 15 is 0 Å². The fourth-order valence-electron chi connectivity index (χ4n) is 1.13. The number of benzene rings is 1. The second-order valence-corrected chi connectivity index (χ2v) is 3.87. The predicted molar refractivity (Wildman–Crippen MR) is 53.2 cm³/mol. The molecule has 0 fully saturated rings. The van der Waals surface area contributed by atoms with Crippen LogP contribution in [0.4, 0.5) is 4.39 Å². The largest absolute Gasteiger partial charge is 0.324 e. The summed E-state index contributed by atoms with van der Waals surface area (Å²) < 4.78 is 13.3. The summed E-state index contributed by atoms with van der Waals surface area (Å²) in [5.41, 5.74) is 6.33. The lowest BCUT2D eigenvalue weighted by molar-refractivity contribution is 0.485. The molecule has 0 radical (unpaired) electrons. The van der Waals surface area contributed by atoms with Gasteiger partial charge in [-0.2, -0.15) is 0 Å². The molecule has 0 aliphatic carbocycles. The summed E-state index contributed by atoms with van der Waals surface area (Å²) >= 11 is 5.62. The SMILES string of the molecule is CC(C)C(N)c1ccc(Cl)cc1F. The average Bonchev–Trinajstić information content (AvgIpc) is 2.03. The Morgan fingerprint density at radius 1 is 1.38 bits per heavy atom. The maximum atomic E-state index is 13.3. The van der Waals surface area contributed by atoms with Crippen LogP contribution in [0.15, 0.2) is 18.2 Å². The molecule has 1 rings (SSSR count). The lowest BCUT2D eigenvalue weighted by Crippen LogP contribution is -2.17. The first-order valence-corrected chi connectivity index (χ1v) is 4.60. The number of hydrogen-bond donors (Lipinski definition) is 1. The zero-order chi connectivity index (χ0) is 10.0. The molecule has 0 heterocycles. The van der Waals surface area contributed by atoms with E-state index in [9.17, 15) is 4.39 Å². The molecule has 0 spiro atoms. The highest BCUT2D eigenvalue weighted by Gasteiger charge is 2.14. The summed E-state index contributed by atoms with van der Waals surface area (Å²) in [5.74, 6) is -0.107. The van der Waals surface area contributed by atoms with E-state index < -0.39 is 0 Å². The van der Waals surface area contributed by atoms with Crippen molar-refractivity contribution in [2.24, 2.45) is 11.7 Å². The highest BCUT2D eigenvalue weighted by atomic mass is 35.5. The molecule has 0 amide bonds. The third kappa shape index (κ3) is 2.42. The van der Waals surface area contributed by atoms with Gasteiger partial charge in [-0.25, -0.2) is 4.39 Å². The lowest BCUT2D eigenvalue weighted by atomic mass is 9.97. The van der Waals surface area contributed by atoms with Gasteiger partial charge in [-0.15, -0.1) is 0 Å². The average molecular weight is 202 g/mol. The Morgan fingerprint density at radius 2 is 2.00 bits per heavy atom. The summed E-state index contributed by atoms with van der Waals surface area (Å²) in [6.07, 6.45) is 0. The minimum absolute atomic E-state index is 0.218. The number of halogens is 2. The van der Waals surface area contributed by atoms with Crippen LogP contribution in [0.25, 0.3) is 0 Å². The van der Waals surface area contributed by atoms with E-state index in [1.165, 1.54) is 6.07 Å². The predicted octanol–water partition coefficient (Wildman–Crippen LogP) is 3.13. The van der Waals surface area contributed by atoms with Gasteiger partial charge in [0.25, 0.3) is 0 Å². The lowest BCUT2D eigenvalue weighted by Gasteiger charge is -2.16. The summed E-state index contributed by atoms with van der Waals surface area (Å²) in [5, 5.41) is 0.400. The third-order valence-electron chi connectivity index (χ3n) is 2.04. The quantitative estimate of drug-likeness (QED) is 0.782. The molecule has 0 saturated heterocycles. The highest BCUT2D eigenvalue weighted by Crippen LogP contribution is 2.23. The molecular weight excluding hydrogens is 189 g/mol. The Labute approximate surface area is 82.7 Å². The van der Waals surface area contributed by atoms with Crippen molar-refractivity contribution in [3.05, 3.63) is 34.6 Å². The maximum Gasteiger partial charge on any atom is 0.129 e. The van der Waals surface area contributed by atoms with Gasteiger partial charge in [-0.3, -0.25) is 0 Å². The van der Waals surface area contributed by atoms with Gasteiger partial charge in [0.05, 0.1) is 0 Å². The Hall–Kier alpha value is -0.600. The van der Waals surface area contributed by atoms with Crippen LogP contribution in [-0.2, 0) is 0 Å². The maximum absolute atomic E-state index is 13.3. The van der Waals surface area contributed by atoms with Gasteiger partial charge in [0.1, 0.15) is 5.82 Å². The first-order valence-electron chi connectivity index (χ1n) is 4.23. The van der Waals surface area contributed by atoms with E-state index in [0.29, 0.717) is 10.6 Å². The molecule has 0 bridgehead atoms. The summed E-state index contributed by atoms with van der Waals surface area (Å²) in [6, 6.07) is 4.32. The monoisotopic (exact) mass is 201 g/mol. The van der Waals surface area contributed by atoms with E-state index in [4.69, 9.17) is 17.3 Å². The molecule has 1 aromatic carbocycles. The molecule has 1 unspecified atom stereocenters. The van der Waals surface area contributed by atoms with Gasteiger partial charge in [0.2, 0.25) is 0 Å². The van der Waals surface area contributed by atoms with Crippen LogP contribution in [0.1, 0.15) is 25.5 Å². The van der Waals surface area contributed by atoms with Crippen molar-refractivity contribution in [3.8, 4) is 0 Å². The van der Waals surface area contributed by atoms with Gasteiger partial charge in [0.15, 0.2) is 0 Å². The van der Waals surface area contributed by atoms with Crippen molar-refractivity contribution in [1.29, 1.82) is 0 Å². The van der Waals surface area contributed by atoms with Crippen LogP contribution in [-0.4, -0.2) is 0 Å². The molecule has 0 aromatic heterocycles. The fourth-order valence-corrected chi connectivity index (χ4v) is 1.29.